The van der Waals surface area contributed by atoms with Gasteiger partial charge in [-0.1, -0.05) is 0 Å². The van der Waals surface area contributed by atoms with E-state index in [0.29, 0.717) is 30.2 Å². The van der Waals surface area contributed by atoms with Crippen molar-refractivity contribution in [3.05, 3.63) is 56.5 Å². The molecule has 3 aromatic rings. The maximum absolute atomic E-state index is 12.8. The Labute approximate surface area is 154 Å². The van der Waals surface area contributed by atoms with Gasteiger partial charge in [-0.3, -0.25) is 14.3 Å². The fourth-order valence-corrected chi connectivity index (χ4v) is 3.92. The van der Waals surface area contributed by atoms with Gasteiger partial charge in [0.25, 0.3) is 11.5 Å². The molecule has 1 saturated heterocycles. The van der Waals surface area contributed by atoms with Crippen molar-refractivity contribution in [2.45, 2.75) is 19.3 Å². The first-order chi connectivity index (χ1) is 12.5. The van der Waals surface area contributed by atoms with E-state index in [4.69, 9.17) is 0 Å². The zero-order chi connectivity index (χ0) is 18.3. The lowest BCUT2D eigenvalue weighted by atomic mass is 10.1. The topological polar surface area (TPSA) is 83.9 Å². The number of aromatic nitrogens is 4. The highest BCUT2D eigenvalue weighted by atomic mass is 32.1. The predicted octanol–water partition coefficient (Wildman–Crippen LogP) is 2.17. The zero-order valence-corrected chi connectivity index (χ0v) is 15.4. The molecule has 1 fully saturated rings. The van der Waals surface area contributed by atoms with Gasteiger partial charge in [-0.15, -0.1) is 0 Å². The third-order valence-electron chi connectivity index (χ3n) is 4.90. The summed E-state index contributed by atoms with van der Waals surface area (Å²) in [6.45, 7) is 3.07. The number of nitrogens with zero attached hydrogens (tertiary/aromatic N) is 4. The molecule has 134 valence electrons. The van der Waals surface area contributed by atoms with Gasteiger partial charge in [-0.25, -0.2) is 4.98 Å². The average molecular weight is 369 g/mol. The van der Waals surface area contributed by atoms with E-state index in [1.54, 1.807) is 22.2 Å². The molecule has 1 amide bonds. The fraction of sp³-hybridized carbons (Fsp3) is 0.333. The molecule has 0 aliphatic carbocycles. The molecule has 0 radical (unpaired) electrons. The molecule has 7 nitrogen and oxygen atoms in total. The van der Waals surface area contributed by atoms with Crippen LogP contribution < -0.4 is 5.56 Å². The van der Waals surface area contributed by atoms with E-state index < -0.39 is 0 Å². The quantitative estimate of drug-likeness (QED) is 0.767. The number of likely N-dealkylation sites (tertiary alicyclic amines) is 1. The van der Waals surface area contributed by atoms with Crippen LogP contribution in [0.25, 0.3) is 11.3 Å². The number of thiophene rings is 1. The highest BCUT2D eigenvalue weighted by molar-refractivity contribution is 7.08. The van der Waals surface area contributed by atoms with Crippen molar-refractivity contribution < 1.29 is 4.79 Å². The van der Waals surface area contributed by atoms with Crippen molar-refractivity contribution >= 4 is 17.2 Å². The number of carbonyl (C=O) groups excluding carboxylic acids is 1. The molecule has 4 heterocycles. The second-order valence-corrected chi connectivity index (χ2v) is 7.31. The molecule has 1 N–H and O–H groups in total. The van der Waals surface area contributed by atoms with Crippen LogP contribution in [0.4, 0.5) is 0 Å². The smallest absolute Gasteiger partial charge is 0.257 e. The van der Waals surface area contributed by atoms with Gasteiger partial charge in [-0.2, -0.15) is 16.4 Å². The van der Waals surface area contributed by atoms with Gasteiger partial charge in [-0.05, 0) is 24.8 Å². The summed E-state index contributed by atoms with van der Waals surface area (Å²) < 4.78 is 1.70. The maximum atomic E-state index is 12.8. The van der Waals surface area contributed by atoms with Gasteiger partial charge in [0.15, 0.2) is 0 Å². The highest BCUT2D eigenvalue weighted by Gasteiger charge is 2.31. The summed E-state index contributed by atoms with van der Waals surface area (Å²) in [4.78, 5) is 34.1. The lowest BCUT2D eigenvalue weighted by Crippen LogP contribution is -2.29. The number of hydrogen-bond donors (Lipinski definition) is 1. The van der Waals surface area contributed by atoms with E-state index in [9.17, 15) is 9.59 Å². The molecule has 0 bridgehead atoms. The molecule has 1 atom stereocenters. The normalized spacial score (nSPS) is 17.0. The molecule has 0 spiro atoms. The zero-order valence-electron chi connectivity index (χ0n) is 14.6. The second kappa shape index (κ2) is 6.53. The molecule has 8 heteroatoms. The number of aromatic amines is 1. The van der Waals surface area contributed by atoms with Crippen LogP contribution in [0.2, 0.25) is 0 Å². The molecular weight excluding hydrogens is 350 g/mol. The predicted molar refractivity (Wildman–Crippen MR) is 99.4 cm³/mol. The number of rotatable bonds is 3. The number of hydrogen-bond acceptors (Lipinski definition) is 5. The average Bonchev–Trinajstić information content (AvgIpc) is 3.36. The van der Waals surface area contributed by atoms with E-state index in [-0.39, 0.29) is 17.4 Å². The first-order valence-electron chi connectivity index (χ1n) is 8.44. The van der Waals surface area contributed by atoms with Crippen LogP contribution >= 0.6 is 11.3 Å². The van der Waals surface area contributed by atoms with Crippen LogP contribution in [-0.4, -0.2) is 43.6 Å². The number of amides is 1. The van der Waals surface area contributed by atoms with Crippen molar-refractivity contribution in [3.63, 3.8) is 0 Å². The van der Waals surface area contributed by atoms with Crippen molar-refractivity contribution in [2.75, 3.05) is 13.1 Å². The molecule has 1 unspecified atom stereocenters. The van der Waals surface area contributed by atoms with Crippen molar-refractivity contribution in [3.8, 4) is 11.3 Å². The lowest BCUT2D eigenvalue weighted by Gasteiger charge is -2.16. The minimum Gasteiger partial charge on any atom is -0.338 e. The van der Waals surface area contributed by atoms with Crippen LogP contribution in [-0.2, 0) is 7.05 Å². The van der Waals surface area contributed by atoms with E-state index in [0.717, 1.165) is 17.7 Å². The van der Waals surface area contributed by atoms with E-state index in [1.807, 2.05) is 35.7 Å². The van der Waals surface area contributed by atoms with Gasteiger partial charge in [0.2, 0.25) is 0 Å². The van der Waals surface area contributed by atoms with Gasteiger partial charge in [0.1, 0.15) is 5.82 Å². The Morgan fingerprint density at radius 1 is 1.42 bits per heavy atom. The summed E-state index contributed by atoms with van der Waals surface area (Å²) in [5, 5.41) is 8.08. The van der Waals surface area contributed by atoms with Gasteiger partial charge >= 0.3 is 0 Å². The largest absolute Gasteiger partial charge is 0.338 e. The Balaban J connectivity index is 1.57. The van der Waals surface area contributed by atoms with Gasteiger partial charge in [0, 0.05) is 48.8 Å². The summed E-state index contributed by atoms with van der Waals surface area (Å²) >= 11 is 1.57. The van der Waals surface area contributed by atoms with Crippen LogP contribution in [0.1, 0.15) is 34.2 Å². The first-order valence-corrected chi connectivity index (χ1v) is 9.39. The van der Waals surface area contributed by atoms with Crippen LogP contribution in [0.5, 0.6) is 0 Å². The summed E-state index contributed by atoms with van der Waals surface area (Å²) in [6.07, 6.45) is 2.39. The summed E-state index contributed by atoms with van der Waals surface area (Å²) in [5.41, 5.74) is 2.94. The van der Waals surface area contributed by atoms with Gasteiger partial charge in [0.05, 0.1) is 17.5 Å². The Hall–Kier alpha value is -2.74. The number of aryl methyl sites for hydroxylation is 1. The molecule has 1 aliphatic rings. The molecular formula is C18H19N5O2S. The summed E-state index contributed by atoms with van der Waals surface area (Å²) in [7, 11) is 1.82. The van der Waals surface area contributed by atoms with Crippen molar-refractivity contribution in [1.82, 2.24) is 24.6 Å². The molecule has 0 aromatic carbocycles. The SMILES string of the molecule is Cc1c(C(=O)N2CCC(c3nc(-c4ccsc4)cc(=O)[nH]3)C2)cnn1C. The molecule has 26 heavy (non-hydrogen) atoms. The Kier molecular flexibility index (Phi) is 4.20. The molecule has 3 aromatic heterocycles. The highest BCUT2D eigenvalue weighted by Crippen LogP contribution is 2.27. The Morgan fingerprint density at radius 2 is 2.27 bits per heavy atom. The van der Waals surface area contributed by atoms with E-state index in [2.05, 4.69) is 15.1 Å². The first kappa shape index (κ1) is 16.7. The van der Waals surface area contributed by atoms with Crippen molar-refractivity contribution in [2.24, 2.45) is 7.05 Å². The Morgan fingerprint density at radius 3 is 2.96 bits per heavy atom. The van der Waals surface area contributed by atoms with Crippen LogP contribution in [0.15, 0.2) is 33.9 Å². The summed E-state index contributed by atoms with van der Waals surface area (Å²) in [6, 6.07) is 3.47. The minimum absolute atomic E-state index is 0.0190. The number of H-pyrrole nitrogens is 1. The third-order valence-corrected chi connectivity index (χ3v) is 5.59. The fourth-order valence-electron chi connectivity index (χ4n) is 3.27. The second-order valence-electron chi connectivity index (χ2n) is 6.53. The summed E-state index contributed by atoms with van der Waals surface area (Å²) in [5.74, 6) is 0.661. The lowest BCUT2D eigenvalue weighted by molar-refractivity contribution is 0.0789. The van der Waals surface area contributed by atoms with Gasteiger partial charge < -0.3 is 9.88 Å². The third kappa shape index (κ3) is 2.96. The molecule has 4 rings (SSSR count). The Bertz CT molecular complexity index is 1010. The maximum Gasteiger partial charge on any atom is 0.257 e. The van der Waals surface area contributed by atoms with Crippen LogP contribution in [0, 0.1) is 6.92 Å². The van der Waals surface area contributed by atoms with Crippen LogP contribution in [0.3, 0.4) is 0 Å². The monoisotopic (exact) mass is 369 g/mol. The van der Waals surface area contributed by atoms with Crippen molar-refractivity contribution in [1.29, 1.82) is 0 Å². The number of carbonyl (C=O) groups is 1. The standard InChI is InChI=1S/C18H19N5O2S/c1-11-14(8-19-22(11)2)18(25)23-5-3-12(9-23)17-20-15(7-16(24)21-17)13-4-6-26-10-13/h4,6-8,10,12H,3,5,9H2,1-2H3,(H,20,21,24). The van der Waals surface area contributed by atoms with E-state index in [1.165, 1.54) is 6.07 Å². The molecule has 0 saturated carbocycles. The van der Waals surface area contributed by atoms with E-state index >= 15 is 0 Å². The number of nitrogens with one attached hydrogen (secondary N) is 1. The minimum atomic E-state index is -0.163. The molecule has 1 aliphatic heterocycles.